The van der Waals surface area contributed by atoms with Gasteiger partial charge >= 0.3 is 5.69 Å². The summed E-state index contributed by atoms with van der Waals surface area (Å²) in [6.45, 7) is 5.90. The molecule has 0 atom stereocenters. The van der Waals surface area contributed by atoms with Gasteiger partial charge in [0.2, 0.25) is 0 Å². The number of hydrogen-bond acceptors (Lipinski definition) is 4. The van der Waals surface area contributed by atoms with Crippen LogP contribution in [0.5, 0.6) is 0 Å². The number of halogens is 1. The Bertz CT molecular complexity index is 542. The first-order valence-corrected chi connectivity index (χ1v) is 7.37. The van der Waals surface area contributed by atoms with Crippen molar-refractivity contribution in [3.8, 4) is 0 Å². The lowest BCUT2D eigenvalue weighted by atomic mass is 10.1. The Morgan fingerprint density at radius 3 is 2.57 bits per heavy atom. The predicted octanol–water partition coefficient (Wildman–Crippen LogP) is 2.42. The number of nitro benzene ring substituents is 1. The molecule has 1 aromatic rings. The molecule has 1 heterocycles. The molecule has 0 spiro atoms. The van der Waals surface area contributed by atoms with Crippen molar-refractivity contribution in [1.82, 2.24) is 9.80 Å². The van der Waals surface area contributed by atoms with Crippen LogP contribution < -0.4 is 0 Å². The molecule has 0 radical (unpaired) electrons. The maximum absolute atomic E-state index is 12.5. The minimum Gasteiger partial charge on any atom is -0.336 e. The van der Waals surface area contributed by atoms with Crippen LogP contribution in [0.4, 0.5) is 5.69 Å². The van der Waals surface area contributed by atoms with E-state index in [0.29, 0.717) is 13.1 Å². The van der Waals surface area contributed by atoms with Gasteiger partial charge in [-0.2, -0.15) is 0 Å². The molecular formula is C14H18ClN3O3. The summed E-state index contributed by atoms with van der Waals surface area (Å²) in [4.78, 5) is 26.9. The molecule has 7 heteroatoms. The largest absolute Gasteiger partial charge is 0.336 e. The van der Waals surface area contributed by atoms with Gasteiger partial charge in [0.05, 0.1) is 4.92 Å². The Kier molecular flexibility index (Phi) is 5.14. The van der Waals surface area contributed by atoms with Crippen LogP contribution in [0.3, 0.4) is 0 Å². The summed E-state index contributed by atoms with van der Waals surface area (Å²) in [5, 5.41) is 11.1. The van der Waals surface area contributed by atoms with Gasteiger partial charge in [-0.25, -0.2) is 0 Å². The van der Waals surface area contributed by atoms with Gasteiger partial charge in [-0.1, -0.05) is 24.6 Å². The molecule has 0 N–H and O–H groups in total. The highest BCUT2D eigenvalue weighted by atomic mass is 35.5. The summed E-state index contributed by atoms with van der Waals surface area (Å²) in [7, 11) is 0. The Morgan fingerprint density at radius 1 is 1.33 bits per heavy atom. The third-order valence-corrected chi connectivity index (χ3v) is 3.90. The number of carbonyl (C=O) groups is 1. The molecule has 2 rings (SSSR count). The number of carbonyl (C=O) groups excluding carboxylic acids is 1. The zero-order chi connectivity index (χ0) is 15.4. The van der Waals surface area contributed by atoms with E-state index in [-0.39, 0.29) is 22.2 Å². The van der Waals surface area contributed by atoms with Crippen LogP contribution in [0.15, 0.2) is 18.2 Å². The van der Waals surface area contributed by atoms with Gasteiger partial charge in [-0.05, 0) is 25.1 Å². The van der Waals surface area contributed by atoms with E-state index in [2.05, 4.69) is 11.8 Å². The van der Waals surface area contributed by atoms with Crippen molar-refractivity contribution >= 4 is 23.2 Å². The summed E-state index contributed by atoms with van der Waals surface area (Å²) >= 11 is 5.85. The van der Waals surface area contributed by atoms with Crippen molar-refractivity contribution in [2.24, 2.45) is 0 Å². The lowest BCUT2D eigenvalue weighted by molar-refractivity contribution is -0.385. The van der Waals surface area contributed by atoms with Crippen LogP contribution in [0, 0.1) is 10.1 Å². The zero-order valence-corrected chi connectivity index (χ0v) is 12.7. The van der Waals surface area contributed by atoms with E-state index in [1.54, 1.807) is 11.0 Å². The molecule has 1 saturated heterocycles. The Balaban J connectivity index is 2.15. The first-order valence-electron chi connectivity index (χ1n) is 6.99. The number of hydrogen-bond donors (Lipinski definition) is 0. The normalized spacial score (nSPS) is 16.0. The van der Waals surface area contributed by atoms with E-state index in [1.807, 2.05) is 0 Å². The zero-order valence-electron chi connectivity index (χ0n) is 11.9. The molecule has 0 saturated carbocycles. The van der Waals surface area contributed by atoms with E-state index in [0.717, 1.165) is 26.1 Å². The van der Waals surface area contributed by atoms with Crippen molar-refractivity contribution in [3.63, 3.8) is 0 Å². The fourth-order valence-corrected chi connectivity index (χ4v) is 2.78. The van der Waals surface area contributed by atoms with Gasteiger partial charge in [0.1, 0.15) is 10.6 Å². The fourth-order valence-electron chi connectivity index (χ4n) is 2.53. The van der Waals surface area contributed by atoms with E-state index in [4.69, 9.17) is 11.6 Å². The molecule has 6 nitrogen and oxygen atoms in total. The van der Waals surface area contributed by atoms with Crippen molar-refractivity contribution in [2.45, 2.75) is 13.3 Å². The average molecular weight is 312 g/mol. The molecule has 1 aliphatic rings. The molecule has 1 amide bonds. The number of nitrogens with zero attached hydrogens (tertiary/aromatic N) is 3. The molecule has 0 unspecified atom stereocenters. The Hall–Kier alpha value is -1.66. The molecule has 1 aromatic carbocycles. The number of amides is 1. The monoisotopic (exact) mass is 311 g/mol. The van der Waals surface area contributed by atoms with Crippen molar-refractivity contribution in [1.29, 1.82) is 0 Å². The molecule has 0 aliphatic carbocycles. The van der Waals surface area contributed by atoms with Crippen molar-refractivity contribution in [3.05, 3.63) is 38.9 Å². The molecule has 21 heavy (non-hydrogen) atoms. The second-order valence-corrected chi connectivity index (χ2v) is 5.43. The van der Waals surface area contributed by atoms with Gasteiger partial charge in [-0.3, -0.25) is 19.8 Å². The van der Waals surface area contributed by atoms with Gasteiger partial charge < -0.3 is 4.90 Å². The summed E-state index contributed by atoms with van der Waals surface area (Å²) < 4.78 is 0. The van der Waals surface area contributed by atoms with Crippen LogP contribution >= 0.6 is 11.6 Å². The summed E-state index contributed by atoms with van der Waals surface area (Å²) in [5.41, 5.74) is -0.239. The molecule has 114 valence electrons. The lowest BCUT2D eigenvalue weighted by Crippen LogP contribution is -2.48. The Morgan fingerprint density at radius 2 is 2.00 bits per heavy atom. The minimum atomic E-state index is -0.594. The topological polar surface area (TPSA) is 66.7 Å². The summed E-state index contributed by atoms with van der Waals surface area (Å²) in [6.07, 6.45) is 1.08. The van der Waals surface area contributed by atoms with Crippen LogP contribution in [0.2, 0.25) is 5.02 Å². The van der Waals surface area contributed by atoms with E-state index >= 15 is 0 Å². The predicted molar refractivity (Wildman–Crippen MR) is 80.7 cm³/mol. The van der Waals surface area contributed by atoms with Gasteiger partial charge in [-0.15, -0.1) is 0 Å². The molecule has 1 fully saturated rings. The van der Waals surface area contributed by atoms with Crippen molar-refractivity contribution in [2.75, 3.05) is 32.7 Å². The number of nitro groups is 1. The maximum Gasteiger partial charge on any atom is 0.300 e. The molecular weight excluding hydrogens is 294 g/mol. The first-order chi connectivity index (χ1) is 10.0. The van der Waals surface area contributed by atoms with E-state index in [1.165, 1.54) is 12.1 Å². The highest BCUT2D eigenvalue weighted by Gasteiger charge is 2.29. The first kappa shape index (κ1) is 15.7. The SMILES string of the molecule is CCCN1CCN(C(=O)c2cccc(Cl)c2[N+](=O)[O-])CC1. The number of para-hydroxylation sites is 1. The number of piperazine rings is 1. The van der Waals surface area contributed by atoms with Crippen molar-refractivity contribution < 1.29 is 9.72 Å². The maximum atomic E-state index is 12.5. The standard InChI is InChI=1S/C14H18ClN3O3/c1-2-6-16-7-9-17(10-8-16)14(19)11-4-3-5-12(15)13(11)18(20)21/h3-5H,2,6-10H2,1H3. The third kappa shape index (κ3) is 3.51. The summed E-state index contributed by atoms with van der Waals surface area (Å²) in [5.74, 6) is -0.319. The smallest absolute Gasteiger partial charge is 0.300 e. The molecule has 0 aromatic heterocycles. The van der Waals surface area contributed by atoms with Gasteiger partial charge in [0.15, 0.2) is 0 Å². The van der Waals surface area contributed by atoms with E-state index < -0.39 is 4.92 Å². The van der Waals surface area contributed by atoms with Gasteiger partial charge in [0, 0.05) is 26.2 Å². The molecule has 1 aliphatic heterocycles. The van der Waals surface area contributed by atoms with Gasteiger partial charge in [0.25, 0.3) is 5.91 Å². The minimum absolute atomic E-state index is 0.00420. The van der Waals surface area contributed by atoms with E-state index in [9.17, 15) is 14.9 Å². The lowest BCUT2D eigenvalue weighted by Gasteiger charge is -2.34. The molecule has 0 bridgehead atoms. The van der Waals surface area contributed by atoms with Crippen LogP contribution in [0.25, 0.3) is 0 Å². The van der Waals surface area contributed by atoms with Crippen LogP contribution in [-0.4, -0.2) is 53.4 Å². The quantitative estimate of drug-likeness (QED) is 0.632. The second kappa shape index (κ2) is 6.87. The van der Waals surface area contributed by atoms with Crippen LogP contribution in [-0.2, 0) is 0 Å². The highest BCUT2D eigenvalue weighted by Crippen LogP contribution is 2.29. The van der Waals surface area contributed by atoms with Crippen LogP contribution in [0.1, 0.15) is 23.7 Å². The Labute approximate surface area is 128 Å². The average Bonchev–Trinajstić information content (AvgIpc) is 2.47. The highest BCUT2D eigenvalue weighted by molar-refractivity contribution is 6.33. The summed E-state index contributed by atoms with van der Waals surface area (Å²) in [6, 6.07) is 4.45. The fraction of sp³-hybridized carbons (Fsp3) is 0.500. The second-order valence-electron chi connectivity index (χ2n) is 5.03. The number of rotatable bonds is 4. The number of benzene rings is 1. The third-order valence-electron chi connectivity index (χ3n) is 3.60.